The molecule has 0 unspecified atom stereocenters. The van der Waals surface area contributed by atoms with Gasteiger partial charge >= 0.3 is 5.97 Å². The Bertz CT molecular complexity index is 1440. The largest absolute Gasteiger partial charge is 0.505 e. The number of azo groups is 1. The Labute approximate surface area is 200 Å². The third kappa shape index (κ3) is 4.83. The zero-order valence-corrected chi connectivity index (χ0v) is 19.6. The molecule has 0 atom stereocenters. The normalized spacial score (nSPS) is 11.7. The maximum absolute atomic E-state index is 13.1. The molecule has 0 fully saturated rings. The maximum Gasteiger partial charge on any atom is 0.343 e. The van der Waals surface area contributed by atoms with Gasteiger partial charge in [-0.15, -0.1) is 10.2 Å². The molecule has 0 radical (unpaired) electrons. The quantitative estimate of drug-likeness (QED) is 0.326. The van der Waals surface area contributed by atoms with E-state index in [-0.39, 0.29) is 34.3 Å². The Morgan fingerprint density at radius 3 is 2.49 bits per heavy atom. The topological polar surface area (TPSA) is 144 Å². The van der Waals surface area contributed by atoms with Crippen LogP contribution in [0.15, 0.2) is 65.2 Å². The number of methoxy groups -OCH3 is 1. The van der Waals surface area contributed by atoms with Crippen molar-refractivity contribution in [2.75, 3.05) is 7.11 Å². The van der Waals surface area contributed by atoms with E-state index >= 15 is 0 Å². The minimum atomic E-state index is -0.686. The number of esters is 1. The molecule has 2 aromatic carbocycles. The number of aromatic nitrogens is 4. The molecule has 1 amide bonds. The summed E-state index contributed by atoms with van der Waals surface area (Å²) in [6.07, 6.45) is 4.29. The van der Waals surface area contributed by atoms with Crippen molar-refractivity contribution in [3.8, 4) is 11.7 Å². The van der Waals surface area contributed by atoms with Crippen molar-refractivity contribution in [1.29, 1.82) is 0 Å². The van der Waals surface area contributed by atoms with Crippen molar-refractivity contribution in [2.45, 2.75) is 26.3 Å². The van der Waals surface area contributed by atoms with E-state index in [1.54, 1.807) is 30.3 Å². The van der Waals surface area contributed by atoms with Crippen LogP contribution in [0.5, 0.6) is 5.75 Å². The van der Waals surface area contributed by atoms with Crippen molar-refractivity contribution in [1.82, 2.24) is 25.1 Å². The summed E-state index contributed by atoms with van der Waals surface area (Å²) in [7, 11) is 1.23. The van der Waals surface area contributed by atoms with Gasteiger partial charge in [0.1, 0.15) is 11.3 Å². The molecular weight excluding hydrogens is 450 g/mol. The minimum absolute atomic E-state index is 0.00342. The molecule has 4 aromatic rings. The third-order valence-corrected chi connectivity index (χ3v) is 4.86. The van der Waals surface area contributed by atoms with Gasteiger partial charge in [-0.1, -0.05) is 24.3 Å². The van der Waals surface area contributed by atoms with Gasteiger partial charge in [-0.2, -0.15) is 9.78 Å². The van der Waals surface area contributed by atoms with Gasteiger partial charge in [0.05, 0.1) is 18.9 Å². The summed E-state index contributed by atoms with van der Waals surface area (Å²) in [5.41, 5.74) is -0.408. The van der Waals surface area contributed by atoms with Crippen molar-refractivity contribution >= 4 is 34.2 Å². The number of phenols is 1. The Balaban J connectivity index is 1.86. The van der Waals surface area contributed by atoms with E-state index in [0.717, 1.165) is 0 Å². The summed E-state index contributed by atoms with van der Waals surface area (Å²) in [6.45, 7) is 5.53. The molecule has 2 aromatic heterocycles. The fraction of sp³-hybridized carbons (Fsp3) is 0.208. The van der Waals surface area contributed by atoms with Crippen LogP contribution in [0.4, 0.5) is 11.5 Å². The molecule has 0 saturated carbocycles. The number of nitrogens with zero attached hydrogens (tertiary/aromatic N) is 6. The number of carbonyl (C=O) groups is 2. The Morgan fingerprint density at radius 2 is 1.80 bits per heavy atom. The van der Waals surface area contributed by atoms with Gasteiger partial charge in [0.25, 0.3) is 11.9 Å². The number of hydrogen-bond donors (Lipinski definition) is 2. The highest BCUT2D eigenvalue weighted by atomic mass is 16.5. The number of rotatable bonds is 5. The molecule has 0 aliphatic heterocycles. The number of phenolic OH excluding ortho intramolecular Hbond substituents is 1. The standard InChI is InChI=1S/C24H23N7O4/c1-24(2,3)28-21(33)18-15-9-6-5-8-14(15)12-17(19(18)32)29-30-20-16(22(34)35-4)13-27-31(20)23-25-10-7-11-26-23/h5-13,32H,1-4H3,(H,28,33). The van der Waals surface area contributed by atoms with E-state index in [1.165, 1.54) is 30.4 Å². The highest BCUT2D eigenvalue weighted by molar-refractivity contribution is 6.11. The number of benzene rings is 2. The summed E-state index contributed by atoms with van der Waals surface area (Å²) in [4.78, 5) is 33.6. The lowest BCUT2D eigenvalue weighted by Gasteiger charge is -2.21. The van der Waals surface area contributed by atoms with Gasteiger partial charge < -0.3 is 15.2 Å². The van der Waals surface area contributed by atoms with Crippen LogP contribution >= 0.6 is 0 Å². The van der Waals surface area contributed by atoms with Crippen LogP contribution in [0.3, 0.4) is 0 Å². The highest BCUT2D eigenvalue weighted by Gasteiger charge is 2.24. The molecule has 0 aliphatic rings. The Hall–Kier alpha value is -4.67. The molecule has 2 heterocycles. The van der Waals surface area contributed by atoms with Crippen LogP contribution in [-0.2, 0) is 4.74 Å². The van der Waals surface area contributed by atoms with Crippen LogP contribution < -0.4 is 5.32 Å². The zero-order chi connectivity index (χ0) is 25.2. The Kier molecular flexibility index (Phi) is 6.24. The van der Waals surface area contributed by atoms with Crippen molar-refractivity contribution in [3.05, 3.63) is 66.1 Å². The lowest BCUT2D eigenvalue weighted by molar-refractivity contribution is 0.0601. The second-order valence-corrected chi connectivity index (χ2v) is 8.58. The summed E-state index contributed by atoms with van der Waals surface area (Å²) >= 11 is 0. The maximum atomic E-state index is 13.1. The fourth-order valence-corrected chi connectivity index (χ4v) is 3.37. The van der Waals surface area contributed by atoms with Gasteiger partial charge in [-0.05, 0) is 43.7 Å². The van der Waals surface area contributed by atoms with Crippen LogP contribution in [0, 0.1) is 0 Å². The van der Waals surface area contributed by atoms with Crippen LogP contribution in [0.2, 0.25) is 0 Å². The predicted molar refractivity (Wildman–Crippen MR) is 128 cm³/mol. The number of fused-ring (bicyclic) bond motifs is 1. The number of aromatic hydroxyl groups is 1. The first-order valence-corrected chi connectivity index (χ1v) is 10.6. The van der Waals surface area contributed by atoms with E-state index < -0.39 is 17.4 Å². The van der Waals surface area contributed by atoms with Gasteiger partial charge in [0.2, 0.25) is 0 Å². The number of carbonyl (C=O) groups excluding carboxylic acids is 2. The molecule has 2 N–H and O–H groups in total. The molecule has 0 bridgehead atoms. The number of hydrogen-bond acceptors (Lipinski definition) is 9. The second kappa shape index (κ2) is 9.29. The molecule has 0 spiro atoms. The van der Waals surface area contributed by atoms with Gasteiger partial charge in [-0.25, -0.2) is 14.8 Å². The number of amides is 1. The lowest BCUT2D eigenvalue weighted by Crippen LogP contribution is -2.40. The summed E-state index contributed by atoms with van der Waals surface area (Å²) in [5.74, 6) is -1.34. The first kappa shape index (κ1) is 23.5. The van der Waals surface area contributed by atoms with Crippen LogP contribution in [0.25, 0.3) is 16.7 Å². The molecular formula is C24H23N7O4. The van der Waals surface area contributed by atoms with E-state index in [9.17, 15) is 14.7 Å². The molecule has 4 rings (SSSR count). The summed E-state index contributed by atoms with van der Waals surface area (Å²) in [6, 6.07) is 10.3. The fourth-order valence-electron chi connectivity index (χ4n) is 3.37. The summed E-state index contributed by atoms with van der Waals surface area (Å²) < 4.78 is 6.04. The SMILES string of the molecule is COC(=O)c1cnn(-c2ncccn2)c1N=Nc1cc2ccccc2c(C(=O)NC(C)(C)C)c1O. The zero-order valence-electron chi connectivity index (χ0n) is 19.6. The molecule has 0 aliphatic carbocycles. The van der Waals surface area contributed by atoms with Gasteiger partial charge in [-0.3, -0.25) is 4.79 Å². The molecule has 0 saturated heterocycles. The summed E-state index contributed by atoms with van der Waals surface area (Å²) in [5, 5.41) is 27.6. The first-order valence-electron chi connectivity index (χ1n) is 10.6. The minimum Gasteiger partial charge on any atom is -0.505 e. The average Bonchev–Trinajstić information content (AvgIpc) is 3.25. The van der Waals surface area contributed by atoms with Gasteiger partial charge in [0.15, 0.2) is 11.6 Å². The second-order valence-electron chi connectivity index (χ2n) is 8.58. The number of ether oxygens (including phenoxy) is 1. The average molecular weight is 473 g/mol. The number of nitrogens with one attached hydrogen (secondary N) is 1. The molecule has 35 heavy (non-hydrogen) atoms. The van der Waals surface area contributed by atoms with E-state index in [4.69, 9.17) is 4.74 Å². The first-order chi connectivity index (χ1) is 16.7. The third-order valence-electron chi connectivity index (χ3n) is 4.86. The smallest absolute Gasteiger partial charge is 0.343 e. The molecule has 11 nitrogen and oxygen atoms in total. The highest BCUT2D eigenvalue weighted by Crippen LogP contribution is 2.38. The van der Waals surface area contributed by atoms with E-state index in [0.29, 0.717) is 10.8 Å². The van der Waals surface area contributed by atoms with Crippen molar-refractivity contribution in [3.63, 3.8) is 0 Å². The Morgan fingerprint density at radius 1 is 1.09 bits per heavy atom. The van der Waals surface area contributed by atoms with Crippen LogP contribution in [0.1, 0.15) is 41.5 Å². The van der Waals surface area contributed by atoms with Crippen molar-refractivity contribution < 1.29 is 19.4 Å². The molecule has 178 valence electrons. The molecule has 11 heteroatoms. The monoisotopic (exact) mass is 473 g/mol. The van der Waals surface area contributed by atoms with Crippen molar-refractivity contribution in [2.24, 2.45) is 10.2 Å². The van der Waals surface area contributed by atoms with E-state index in [1.807, 2.05) is 26.8 Å². The lowest BCUT2D eigenvalue weighted by atomic mass is 10.00. The van der Waals surface area contributed by atoms with Gasteiger partial charge in [0, 0.05) is 17.9 Å². The van der Waals surface area contributed by atoms with Crippen LogP contribution in [-0.4, -0.2) is 49.4 Å². The van der Waals surface area contributed by atoms with E-state index in [2.05, 4.69) is 30.6 Å². The predicted octanol–water partition coefficient (Wildman–Crippen LogP) is 4.25.